The van der Waals surface area contributed by atoms with Crippen LogP contribution in [0.3, 0.4) is 0 Å². The Kier molecular flexibility index (Phi) is 6.24. The molecule has 0 radical (unpaired) electrons. The highest BCUT2D eigenvalue weighted by Gasteiger charge is 2.41. The zero-order valence-electron chi connectivity index (χ0n) is 18.4. The van der Waals surface area contributed by atoms with Crippen molar-refractivity contribution < 1.29 is 27.4 Å². The number of benzene rings is 2. The van der Waals surface area contributed by atoms with Gasteiger partial charge in [0.1, 0.15) is 11.6 Å². The van der Waals surface area contributed by atoms with Crippen LogP contribution in [0.15, 0.2) is 48.5 Å². The summed E-state index contributed by atoms with van der Waals surface area (Å²) in [7, 11) is 0. The van der Waals surface area contributed by atoms with Crippen molar-refractivity contribution >= 4 is 35.0 Å². The second kappa shape index (κ2) is 9.35. The fourth-order valence-electron chi connectivity index (χ4n) is 4.15. The van der Waals surface area contributed by atoms with E-state index in [-0.39, 0.29) is 5.75 Å². The van der Waals surface area contributed by atoms with E-state index in [0.29, 0.717) is 67.3 Å². The molecule has 0 amide bonds. The Bertz CT molecular complexity index is 1270. The van der Waals surface area contributed by atoms with Crippen LogP contribution in [0.4, 0.5) is 30.6 Å². The van der Waals surface area contributed by atoms with Crippen molar-refractivity contribution in [3.8, 4) is 17.0 Å². The fraction of sp³-hybridized carbons (Fsp3) is 0.292. The van der Waals surface area contributed by atoms with Gasteiger partial charge in [0.05, 0.1) is 18.9 Å². The number of esters is 1. The summed E-state index contributed by atoms with van der Waals surface area (Å²) in [6.07, 6.45) is -4.47. The minimum atomic E-state index is -5.09. The molecule has 0 spiro atoms. The standard InChI is InChI=1S/C24H20ClF3N4O3/c25-16-4-2-5-17(14-16)32-8-7-19-20(29-23(30-21(19)32)31-9-11-34-12-10-31)15-3-1-6-18(13-15)35-22(33)24(26,27)28/h1-6,13-14H,7-12H2. The number of fused-ring (bicyclic) bond motifs is 1. The second-order valence-electron chi connectivity index (χ2n) is 8.07. The lowest BCUT2D eigenvalue weighted by Crippen LogP contribution is -2.37. The lowest BCUT2D eigenvalue weighted by Gasteiger charge is -2.28. The van der Waals surface area contributed by atoms with Crippen LogP contribution in [-0.2, 0) is 16.0 Å². The minimum absolute atomic E-state index is 0.213. The third kappa shape index (κ3) is 4.89. The Morgan fingerprint density at radius 2 is 1.80 bits per heavy atom. The Balaban J connectivity index is 1.59. The second-order valence-corrected chi connectivity index (χ2v) is 8.51. The average molecular weight is 505 g/mol. The van der Waals surface area contributed by atoms with Gasteiger partial charge in [0.15, 0.2) is 0 Å². The third-order valence-electron chi connectivity index (χ3n) is 5.78. The molecule has 3 aromatic rings. The first kappa shape index (κ1) is 23.4. The number of hydrogen-bond acceptors (Lipinski definition) is 7. The van der Waals surface area contributed by atoms with Gasteiger partial charge in [0.25, 0.3) is 0 Å². The van der Waals surface area contributed by atoms with E-state index < -0.39 is 12.1 Å². The number of anilines is 3. The molecule has 2 aromatic carbocycles. The quantitative estimate of drug-likeness (QED) is 0.373. The van der Waals surface area contributed by atoms with Gasteiger partial charge >= 0.3 is 12.1 Å². The van der Waals surface area contributed by atoms with Crippen molar-refractivity contribution in [2.75, 3.05) is 42.6 Å². The first-order chi connectivity index (χ1) is 16.8. The molecule has 3 heterocycles. The molecular weight excluding hydrogens is 485 g/mol. The van der Waals surface area contributed by atoms with E-state index in [1.165, 1.54) is 18.2 Å². The number of aromatic nitrogens is 2. The van der Waals surface area contributed by atoms with Crippen LogP contribution < -0.4 is 14.5 Å². The van der Waals surface area contributed by atoms with E-state index in [1.807, 2.05) is 28.0 Å². The van der Waals surface area contributed by atoms with Crippen molar-refractivity contribution in [1.82, 2.24) is 9.97 Å². The maximum atomic E-state index is 12.7. The number of halogens is 4. The van der Waals surface area contributed by atoms with E-state index in [1.54, 1.807) is 12.1 Å². The van der Waals surface area contributed by atoms with Gasteiger partial charge in [-0.05, 0) is 36.8 Å². The van der Waals surface area contributed by atoms with E-state index >= 15 is 0 Å². The predicted octanol–water partition coefficient (Wildman–Crippen LogP) is 4.80. The molecule has 5 rings (SSSR count). The Morgan fingerprint density at radius 1 is 1.03 bits per heavy atom. The molecule has 182 valence electrons. The van der Waals surface area contributed by atoms with E-state index in [9.17, 15) is 18.0 Å². The first-order valence-corrected chi connectivity index (χ1v) is 11.3. The molecule has 2 aliphatic rings. The number of alkyl halides is 3. The topological polar surface area (TPSA) is 67.8 Å². The summed E-state index contributed by atoms with van der Waals surface area (Å²) in [6, 6.07) is 13.4. The highest BCUT2D eigenvalue weighted by atomic mass is 35.5. The van der Waals surface area contributed by atoms with Crippen LogP contribution in [0.5, 0.6) is 5.75 Å². The maximum absolute atomic E-state index is 12.7. The van der Waals surface area contributed by atoms with Crippen molar-refractivity contribution in [2.45, 2.75) is 12.6 Å². The molecule has 0 aliphatic carbocycles. The third-order valence-corrected chi connectivity index (χ3v) is 6.01. The number of morpholine rings is 1. The molecule has 1 saturated heterocycles. The normalized spacial score (nSPS) is 15.8. The zero-order chi connectivity index (χ0) is 24.6. The molecule has 2 aliphatic heterocycles. The van der Waals surface area contributed by atoms with Crippen molar-refractivity contribution in [3.05, 3.63) is 59.1 Å². The molecule has 7 nitrogen and oxygen atoms in total. The van der Waals surface area contributed by atoms with Gasteiger partial charge in [0, 0.05) is 41.5 Å². The predicted molar refractivity (Wildman–Crippen MR) is 124 cm³/mol. The summed E-state index contributed by atoms with van der Waals surface area (Å²) in [6.45, 7) is 2.93. The number of carbonyl (C=O) groups is 1. The van der Waals surface area contributed by atoms with Crippen LogP contribution >= 0.6 is 11.6 Å². The number of rotatable bonds is 4. The highest BCUT2D eigenvalue weighted by Crippen LogP contribution is 2.40. The van der Waals surface area contributed by atoms with Gasteiger partial charge in [-0.1, -0.05) is 29.8 Å². The molecular formula is C24H20ClF3N4O3. The maximum Gasteiger partial charge on any atom is 0.491 e. The summed E-state index contributed by atoms with van der Waals surface area (Å²) >= 11 is 6.22. The lowest BCUT2D eigenvalue weighted by molar-refractivity contribution is -0.189. The zero-order valence-corrected chi connectivity index (χ0v) is 19.1. The molecule has 0 atom stereocenters. The Labute approximate surface area is 204 Å². The Hall–Kier alpha value is -3.37. The van der Waals surface area contributed by atoms with Crippen molar-refractivity contribution in [1.29, 1.82) is 0 Å². The molecule has 1 fully saturated rings. The lowest BCUT2D eigenvalue weighted by atomic mass is 10.1. The van der Waals surface area contributed by atoms with Crippen LogP contribution in [0.2, 0.25) is 5.02 Å². The van der Waals surface area contributed by atoms with E-state index in [2.05, 4.69) is 4.74 Å². The van der Waals surface area contributed by atoms with E-state index in [4.69, 9.17) is 26.3 Å². The average Bonchev–Trinajstić information content (AvgIpc) is 3.28. The largest absolute Gasteiger partial charge is 0.491 e. The Morgan fingerprint density at radius 3 is 2.54 bits per heavy atom. The SMILES string of the molecule is O=C(Oc1cccc(-c2nc(N3CCOCC3)nc3c2CCN3c2cccc(Cl)c2)c1)C(F)(F)F. The number of carbonyl (C=O) groups excluding carboxylic acids is 1. The summed E-state index contributed by atoms with van der Waals surface area (Å²) in [5.74, 6) is -1.29. The van der Waals surface area contributed by atoms with E-state index in [0.717, 1.165) is 11.3 Å². The fourth-order valence-corrected chi connectivity index (χ4v) is 4.34. The minimum Gasteiger partial charge on any atom is -0.420 e. The van der Waals surface area contributed by atoms with Gasteiger partial charge < -0.3 is 19.3 Å². The van der Waals surface area contributed by atoms with Crippen LogP contribution in [0, 0.1) is 0 Å². The van der Waals surface area contributed by atoms with Gasteiger partial charge in [-0.25, -0.2) is 9.78 Å². The summed E-state index contributed by atoms with van der Waals surface area (Å²) in [5.41, 5.74) is 2.83. The van der Waals surface area contributed by atoms with Crippen LogP contribution in [0.1, 0.15) is 5.56 Å². The van der Waals surface area contributed by atoms with Crippen LogP contribution in [-0.4, -0.2) is 55.0 Å². The first-order valence-electron chi connectivity index (χ1n) is 11.0. The number of ether oxygens (including phenoxy) is 2. The van der Waals surface area contributed by atoms with Gasteiger partial charge in [-0.3, -0.25) is 0 Å². The number of nitrogens with zero attached hydrogens (tertiary/aromatic N) is 4. The van der Waals surface area contributed by atoms with Gasteiger partial charge in [-0.15, -0.1) is 0 Å². The molecule has 0 N–H and O–H groups in total. The molecule has 11 heteroatoms. The van der Waals surface area contributed by atoms with Crippen LogP contribution in [0.25, 0.3) is 11.3 Å². The summed E-state index contributed by atoms with van der Waals surface area (Å²) < 4.78 is 48.1. The van der Waals surface area contributed by atoms with Crippen molar-refractivity contribution in [2.24, 2.45) is 0 Å². The van der Waals surface area contributed by atoms with Gasteiger partial charge in [-0.2, -0.15) is 18.2 Å². The molecule has 0 saturated carbocycles. The van der Waals surface area contributed by atoms with Gasteiger partial charge in [0.2, 0.25) is 5.95 Å². The smallest absolute Gasteiger partial charge is 0.420 e. The summed E-state index contributed by atoms with van der Waals surface area (Å²) in [5, 5.41) is 0.595. The monoisotopic (exact) mass is 504 g/mol. The molecule has 0 unspecified atom stereocenters. The molecule has 0 bridgehead atoms. The van der Waals surface area contributed by atoms with Crippen molar-refractivity contribution in [3.63, 3.8) is 0 Å². The highest BCUT2D eigenvalue weighted by molar-refractivity contribution is 6.30. The summed E-state index contributed by atoms with van der Waals surface area (Å²) in [4.78, 5) is 25.1. The molecule has 35 heavy (non-hydrogen) atoms. The molecule has 1 aromatic heterocycles. The number of hydrogen-bond donors (Lipinski definition) is 0.